The Balaban J connectivity index is 1.90. The summed E-state index contributed by atoms with van der Waals surface area (Å²) in [6.07, 6.45) is 2.48. The summed E-state index contributed by atoms with van der Waals surface area (Å²) in [6.45, 7) is 0.774. The molecule has 4 heteroatoms. The van der Waals surface area contributed by atoms with Crippen molar-refractivity contribution in [1.29, 1.82) is 0 Å². The fraction of sp³-hybridized carbons (Fsp3) is 0.312. The predicted octanol–water partition coefficient (Wildman–Crippen LogP) is 1.78. The lowest BCUT2D eigenvalue weighted by atomic mass is 10.1. The van der Waals surface area contributed by atoms with Crippen LogP contribution in [-0.2, 0) is 13.0 Å². The van der Waals surface area contributed by atoms with E-state index in [1.165, 1.54) is 0 Å². The monoisotopic (exact) mass is 272 g/mol. The Morgan fingerprint density at radius 1 is 1.25 bits per heavy atom. The molecule has 0 amide bonds. The first-order chi connectivity index (χ1) is 9.81. The molecule has 0 bridgehead atoms. The van der Waals surface area contributed by atoms with Crippen molar-refractivity contribution in [2.75, 3.05) is 13.7 Å². The van der Waals surface area contributed by atoms with Crippen LogP contribution in [0, 0.1) is 0 Å². The van der Waals surface area contributed by atoms with E-state index in [1.54, 1.807) is 13.3 Å². The lowest BCUT2D eigenvalue weighted by Crippen LogP contribution is -2.34. The quantitative estimate of drug-likeness (QED) is 0.807. The van der Waals surface area contributed by atoms with Crippen molar-refractivity contribution in [3.8, 4) is 5.75 Å². The fourth-order valence-corrected chi connectivity index (χ4v) is 2.02. The summed E-state index contributed by atoms with van der Waals surface area (Å²) in [5.41, 5.74) is 2.11. The van der Waals surface area contributed by atoms with Gasteiger partial charge in [0.1, 0.15) is 5.75 Å². The predicted molar refractivity (Wildman–Crippen MR) is 78.6 cm³/mol. The number of hydrogen-bond donors (Lipinski definition) is 2. The van der Waals surface area contributed by atoms with E-state index in [0.717, 1.165) is 17.0 Å². The molecule has 0 spiro atoms. The molecule has 4 nitrogen and oxygen atoms in total. The number of nitrogens with one attached hydrogen (secondary N) is 1. The number of benzene rings is 1. The zero-order chi connectivity index (χ0) is 14.2. The molecular weight excluding hydrogens is 252 g/mol. The number of rotatable bonds is 7. The summed E-state index contributed by atoms with van der Waals surface area (Å²) in [4.78, 5) is 4.28. The summed E-state index contributed by atoms with van der Waals surface area (Å²) in [6, 6.07) is 13.7. The molecule has 0 saturated heterocycles. The first-order valence-corrected chi connectivity index (χ1v) is 6.69. The molecule has 1 aromatic carbocycles. The first kappa shape index (κ1) is 14.5. The van der Waals surface area contributed by atoms with E-state index in [1.807, 2.05) is 42.5 Å². The van der Waals surface area contributed by atoms with Crippen LogP contribution >= 0.6 is 0 Å². The van der Waals surface area contributed by atoms with Gasteiger partial charge < -0.3 is 15.2 Å². The average molecular weight is 272 g/mol. The zero-order valence-corrected chi connectivity index (χ0v) is 11.6. The molecule has 0 aliphatic carbocycles. The van der Waals surface area contributed by atoms with Crippen LogP contribution < -0.4 is 10.1 Å². The Kier molecular flexibility index (Phi) is 5.53. The molecule has 0 aliphatic rings. The smallest absolute Gasteiger partial charge is 0.119 e. The molecule has 0 saturated carbocycles. The van der Waals surface area contributed by atoms with Crippen LogP contribution in [0.25, 0.3) is 0 Å². The highest BCUT2D eigenvalue weighted by molar-refractivity contribution is 5.28. The third kappa shape index (κ3) is 4.33. The molecule has 1 aromatic heterocycles. The van der Waals surface area contributed by atoms with Crippen molar-refractivity contribution in [2.24, 2.45) is 0 Å². The molecule has 2 N–H and O–H groups in total. The highest BCUT2D eigenvalue weighted by Crippen LogP contribution is 2.12. The second-order valence-corrected chi connectivity index (χ2v) is 4.64. The lowest BCUT2D eigenvalue weighted by molar-refractivity contribution is 0.240. The van der Waals surface area contributed by atoms with E-state index in [2.05, 4.69) is 10.3 Å². The Morgan fingerprint density at radius 3 is 2.85 bits per heavy atom. The van der Waals surface area contributed by atoms with E-state index in [4.69, 9.17) is 4.74 Å². The highest BCUT2D eigenvalue weighted by Gasteiger charge is 2.08. The topological polar surface area (TPSA) is 54.4 Å². The minimum Gasteiger partial charge on any atom is -0.497 e. The van der Waals surface area contributed by atoms with Gasteiger partial charge in [0.2, 0.25) is 0 Å². The number of nitrogens with zero attached hydrogens (tertiary/aromatic N) is 1. The zero-order valence-electron chi connectivity index (χ0n) is 11.6. The second-order valence-electron chi connectivity index (χ2n) is 4.64. The number of ether oxygens (including phenoxy) is 1. The molecule has 2 aromatic rings. The number of aliphatic hydroxyl groups is 1. The summed E-state index contributed by atoms with van der Waals surface area (Å²) < 4.78 is 5.20. The van der Waals surface area contributed by atoms with Crippen molar-refractivity contribution in [3.05, 3.63) is 59.9 Å². The maximum atomic E-state index is 9.45. The number of hydrogen-bond acceptors (Lipinski definition) is 4. The van der Waals surface area contributed by atoms with Gasteiger partial charge in [0, 0.05) is 30.9 Å². The van der Waals surface area contributed by atoms with Crippen LogP contribution in [0.1, 0.15) is 11.3 Å². The minimum atomic E-state index is -0.00361. The first-order valence-electron chi connectivity index (χ1n) is 6.69. The molecule has 0 fully saturated rings. The van der Waals surface area contributed by atoms with Gasteiger partial charge in [0.15, 0.2) is 0 Å². The van der Waals surface area contributed by atoms with Gasteiger partial charge in [-0.05, 0) is 29.8 Å². The van der Waals surface area contributed by atoms with Gasteiger partial charge >= 0.3 is 0 Å². The van der Waals surface area contributed by atoms with Crippen LogP contribution in [-0.4, -0.2) is 29.8 Å². The molecule has 106 valence electrons. The lowest BCUT2D eigenvalue weighted by Gasteiger charge is -2.16. The van der Waals surface area contributed by atoms with Crippen molar-refractivity contribution >= 4 is 0 Å². The molecule has 1 heterocycles. The third-order valence-electron chi connectivity index (χ3n) is 3.13. The molecule has 20 heavy (non-hydrogen) atoms. The van der Waals surface area contributed by atoms with Gasteiger partial charge in [0.25, 0.3) is 0 Å². The Labute approximate surface area is 119 Å². The van der Waals surface area contributed by atoms with E-state index < -0.39 is 0 Å². The Hall–Kier alpha value is -1.91. The number of methoxy groups -OCH3 is 1. The summed E-state index contributed by atoms with van der Waals surface area (Å²) in [7, 11) is 1.66. The molecular formula is C16H20N2O2. The summed E-state index contributed by atoms with van der Waals surface area (Å²) in [5.74, 6) is 0.842. The number of aromatic nitrogens is 1. The van der Waals surface area contributed by atoms with Crippen molar-refractivity contribution in [1.82, 2.24) is 10.3 Å². The van der Waals surface area contributed by atoms with Crippen LogP contribution in [0.15, 0.2) is 48.7 Å². The number of aliphatic hydroxyl groups excluding tert-OH is 1. The largest absolute Gasteiger partial charge is 0.497 e. The second kappa shape index (κ2) is 7.62. The van der Waals surface area contributed by atoms with Crippen molar-refractivity contribution in [3.63, 3.8) is 0 Å². The van der Waals surface area contributed by atoms with Gasteiger partial charge in [-0.15, -0.1) is 0 Å². The molecule has 2 rings (SSSR count). The van der Waals surface area contributed by atoms with Crippen molar-refractivity contribution < 1.29 is 9.84 Å². The molecule has 0 radical (unpaired) electrons. The van der Waals surface area contributed by atoms with Gasteiger partial charge in [-0.3, -0.25) is 4.98 Å². The molecule has 0 unspecified atom stereocenters. The van der Waals surface area contributed by atoms with Gasteiger partial charge in [-0.2, -0.15) is 0 Å². The van der Waals surface area contributed by atoms with E-state index >= 15 is 0 Å². The van der Waals surface area contributed by atoms with Crippen LogP contribution in [0.4, 0.5) is 0 Å². The van der Waals surface area contributed by atoms with Crippen LogP contribution in [0.2, 0.25) is 0 Å². The summed E-state index contributed by atoms with van der Waals surface area (Å²) in [5, 5.41) is 12.8. The van der Waals surface area contributed by atoms with E-state index in [-0.39, 0.29) is 12.6 Å². The number of pyridine rings is 1. The minimum absolute atomic E-state index is 0.00361. The van der Waals surface area contributed by atoms with Gasteiger partial charge in [-0.1, -0.05) is 18.2 Å². The van der Waals surface area contributed by atoms with E-state index in [9.17, 15) is 5.11 Å². The Morgan fingerprint density at radius 2 is 2.15 bits per heavy atom. The standard InChI is InChI=1S/C16H20N2O2/c1-20-16-7-4-5-13(9-16)11-18-15(12-19)10-14-6-2-3-8-17-14/h2-9,15,18-19H,10-12H2,1H3/t15-/m0/s1. The van der Waals surface area contributed by atoms with Crippen molar-refractivity contribution in [2.45, 2.75) is 19.0 Å². The Bertz CT molecular complexity index is 517. The summed E-state index contributed by atoms with van der Waals surface area (Å²) >= 11 is 0. The average Bonchev–Trinajstić information content (AvgIpc) is 2.52. The normalized spacial score (nSPS) is 12.1. The van der Waals surface area contributed by atoms with Gasteiger partial charge in [-0.25, -0.2) is 0 Å². The fourth-order valence-electron chi connectivity index (χ4n) is 2.02. The van der Waals surface area contributed by atoms with Crippen LogP contribution in [0.3, 0.4) is 0 Å². The van der Waals surface area contributed by atoms with Gasteiger partial charge in [0.05, 0.1) is 13.7 Å². The molecule has 0 aliphatic heterocycles. The highest BCUT2D eigenvalue weighted by atomic mass is 16.5. The van der Waals surface area contributed by atoms with E-state index in [0.29, 0.717) is 13.0 Å². The third-order valence-corrected chi connectivity index (χ3v) is 3.13. The molecule has 1 atom stereocenters. The maximum Gasteiger partial charge on any atom is 0.119 e. The van der Waals surface area contributed by atoms with Crippen LogP contribution in [0.5, 0.6) is 5.75 Å². The maximum absolute atomic E-state index is 9.45. The SMILES string of the molecule is COc1cccc(CN[C@H](CO)Cc2ccccn2)c1.